The highest BCUT2D eigenvalue weighted by molar-refractivity contribution is 6.28. The van der Waals surface area contributed by atoms with Crippen molar-refractivity contribution in [3.8, 4) is 0 Å². The summed E-state index contributed by atoms with van der Waals surface area (Å²) in [7, 11) is 0. The molecule has 0 saturated heterocycles. The van der Waals surface area contributed by atoms with Gasteiger partial charge in [0.2, 0.25) is 5.28 Å². The summed E-state index contributed by atoms with van der Waals surface area (Å²) in [6.07, 6.45) is 6.47. The number of aromatic nitrogens is 2. The van der Waals surface area contributed by atoms with Crippen LogP contribution >= 0.6 is 11.6 Å². The zero-order valence-corrected chi connectivity index (χ0v) is 11.3. The van der Waals surface area contributed by atoms with Crippen LogP contribution in [0.4, 0.5) is 5.82 Å². The van der Waals surface area contributed by atoms with E-state index in [1.165, 1.54) is 32.1 Å². The Bertz CT molecular complexity index is 361. The maximum absolute atomic E-state index is 5.88. The van der Waals surface area contributed by atoms with E-state index < -0.39 is 0 Å². The molecule has 4 heteroatoms. The van der Waals surface area contributed by atoms with Crippen molar-refractivity contribution in [3.63, 3.8) is 0 Å². The summed E-state index contributed by atoms with van der Waals surface area (Å²) in [5, 5.41) is 3.86. The Balaban J connectivity index is 2.08. The van der Waals surface area contributed by atoms with Gasteiger partial charge in [-0.3, -0.25) is 0 Å². The molecule has 1 heterocycles. The minimum absolute atomic E-state index is 0.330. The molecular weight excluding hydrogens is 234 g/mol. The van der Waals surface area contributed by atoms with E-state index in [-0.39, 0.29) is 0 Å². The number of hydrogen-bond acceptors (Lipinski definition) is 3. The molecular formula is C13H20ClN3. The summed E-state index contributed by atoms with van der Waals surface area (Å²) >= 11 is 5.88. The first-order valence-electron chi connectivity index (χ1n) is 6.46. The molecule has 1 aliphatic rings. The third-order valence-corrected chi connectivity index (χ3v) is 3.76. The van der Waals surface area contributed by atoms with Gasteiger partial charge >= 0.3 is 0 Å². The fourth-order valence-corrected chi connectivity index (χ4v) is 2.91. The molecule has 0 radical (unpaired) electrons. The van der Waals surface area contributed by atoms with Gasteiger partial charge in [-0.25, -0.2) is 9.97 Å². The summed E-state index contributed by atoms with van der Waals surface area (Å²) < 4.78 is 0. The summed E-state index contributed by atoms with van der Waals surface area (Å²) in [6, 6.07) is 2.51. The second-order valence-electron chi connectivity index (χ2n) is 4.87. The standard InChI is InChI=1S/C13H20ClN3/c1-3-10-6-4-5-7-11(10)16-12-8-9(2)15-13(14)17-12/h8,10-11H,3-7H2,1-2H3,(H,15,16,17). The van der Waals surface area contributed by atoms with Crippen LogP contribution in [0, 0.1) is 12.8 Å². The minimum Gasteiger partial charge on any atom is -0.367 e. The molecule has 1 saturated carbocycles. The van der Waals surface area contributed by atoms with E-state index in [0.717, 1.165) is 17.4 Å². The Morgan fingerprint density at radius 3 is 2.82 bits per heavy atom. The van der Waals surface area contributed by atoms with Crippen LogP contribution in [0.3, 0.4) is 0 Å². The molecule has 1 fully saturated rings. The Morgan fingerprint density at radius 2 is 2.12 bits per heavy atom. The van der Waals surface area contributed by atoms with Crippen LogP contribution in [0.5, 0.6) is 0 Å². The number of nitrogens with one attached hydrogen (secondary N) is 1. The van der Waals surface area contributed by atoms with Crippen molar-refractivity contribution in [2.24, 2.45) is 5.92 Å². The Labute approximate surface area is 108 Å². The van der Waals surface area contributed by atoms with Gasteiger partial charge in [-0.15, -0.1) is 0 Å². The molecule has 0 aromatic carbocycles. The zero-order chi connectivity index (χ0) is 12.3. The van der Waals surface area contributed by atoms with E-state index in [1.807, 2.05) is 13.0 Å². The largest absolute Gasteiger partial charge is 0.367 e. The average Bonchev–Trinajstić information content (AvgIpc) is 2.28. The van der Waals surface area contributed by atoms with Gasteiger partial charge < -0.3 is 5.32 Å². The van der Waals surface area contributed by atoms with E-state index in [9.17, 15) is 0 Å². The second kappa shape index (κ2) is 5.67. The lowest BCUT2D eigenvalue weighted by molar-refractivity contribution is 0.317. The van der Waals surface area contributed by atoms with Crippen LogP contribution in [0.1, 0.15) is 44.7 Å². The highest BCUT2D eigenvalue weighted by Gasteiger charge is 2.23. The number of rotatable bonds is 3. The third-order valence-electron chi connectivity index (χ3n) is 3.59. The van der Waals surface area contributed by atoms with E-state index in [4.69, 9.17) is 11.6 Å². The number of aryl methyl sites for hydroxylation is 1. The first-order valence-corrected chi connectivity index (χ1v) is 6.84. The topological polar surface area (TPSA) is 37.8 Å². The van der Waals surface area contributed by atoms with Gasteiger partial charge in [0.25, 0.3) is 0 Å². The molecule has 0 amide bonds. The van der Waals surface area contributed by atoms with Crippen molar-refractivity contribution >= 4 is 17.4 Å². The predicted octanol–water partition coefficient (Wildman–Crippen LogP) is 3.82. The van der Waals surface area contributed by atoms with Crippen molar-refractivity contribution in [2.45, 2.75) is 52.0 Å². The molecule has 17 heavy (non-hydrogen) atoms. The van der Waals surface area contributed by atoms with Gasteiger partial charge in [0.1, 0.15) is 5.82 Å². The number of halogens is 1. The average molecular weight is 254 g/mol. The highest BCUT2D eigenvalue weighted by Crippen LogP contribution is 2.29. The summed E-state index contributed by atoms with van der Waals surface area (Å²) in [6.45, 7) is 4.21. The second-order valence-corrected chi connectivity index (χ2v) is 5.21. The number of nitrogens with zero attached hydrogens (tertiary/aromatic N) is 2. The molecule has 94 valence electrons. The Morgan fingerprint density at radius 1 is 1.35 bits per heavy atom. The van der Waals surface area contributed by atoms with E-state index in [0.29, 0.717) is 11.3 Å². The van der Waals surface area contributed by atoms with Crippen LogP contribution in [-0.4, -0.2) is 16.0 Å². The van der Waals surface area contributed by atoms with Crippen molar-refractivity contribution in [3.05, 3.63) is 17.0 Å². The molecule has 0 spiro atoms. The van der Waals surface area contributed by atoms with Crippen LogP contribution in [-0.2, 0) is 0 Å². The summed E-state index contributed by atoms with van der Waals surface area (Å²) in [4.78, 5) is 8.32. The Hall–Kier alpha value is -0.830. The molecule has 2 rings (SSSR count). The number of anilines is 1. The molecule has 1 aromatic heterocycles. The van der Waals surface area contributed by atoms with E-state index >= 15 is 0 Å². The maximum atomic E-state index is 5.88. The van der Waals surface area contributed by atoms with Gasteiger partial charge in [0.15, 0.2) is 0 Å². The maximum Gasteiger partial charge on any atom is 0.224 e. The lowest BCUT2D eigenvalue weighted by atomic mass is 9.83. The third kappa shape index (κ3) is 3.32. The fraction of sp³-hybridized carbons (Fsp3) is 0.692. The highest BCUT2D eigenvalue weighted by atomic mass is 35.5. The molecule has 2 unspecified atom stereocenters. The molecule has 0 aliphatic heterocycles. The van der Waals surface area contributed by atoms with Gasteiger partial charge in [0, 0.05) is 17.8 Å². The smallest absolute Gasteiger partial charge is 0.224 e. The number of hydrogen-bond donors (Lipinski definition) is 1. The van der Waals surface area contributed by atoms with Gasteiger partial charge in [-0.05, 0) is 37.3 Å². The van der Waals surface area contributed by atoms with Gasteiger partial charge in [-0.2, -0.15) is 0 Å². The van der Waals surface area contributed by atoms with Crippen LogP contribution in [0.15, 0.2) is 6.07 Å². The monoisotopic (exact) mass is 253 g/mol. The van der Waals surface area contributed by atoms with E-state index in [1.54, 1.807) is 0 Å². The lowest BCUT2D eigenvalue weighted by Gasteiger charge is -2.31. The van der Waals surface area contributed by atoms with E-state index in [2.05, 4.69) is 22.2 Å². The molecule has 1 aromatic rings. The van der Waals surface area contributed by atoms with Crippen LogP contribution in [0.25, 0.3) is 0 Å². The van der Waals surface area contributed by atoms with Crippen molar-refractivity contribution < 1.29 is 0 Å². The minimum atomic E-state index is 0.330. The predicted molar refractivity (Wildman–Crippen MR) is 71.4 cm³/mol. The first-order chi connectivity index (χ1) is 8.19. The van der Waals surface area contributed by atoms with Gasteiger partial charge in [-0.1, -0.05) is 26.2 Å². The van der Waals surface area contributed by atoms with Crippen molar-refractivity contribution in [2.75, 3.05) is 5.32 Å². The fourth-order valence-electron chi connectivity index (χ4n) is 2.68. The zero-order valence-electron chi connectivity index (χ0n) is 10.5. The lowest BCUT2D eigenvalue weighted by Crippen LogP contribution is -2.32. The summed E-state index contributed by atoms with van der Waals surface area (Å²) in [5.74, 6) is 1.63. The Kier molecular flexibility index (Phi) is 4.21. The van der Waals surface area contributed by atoms with Crippen LogP contribution < -0.4 is 5.32 Å². The molecule has 1 aliphatic carbocycles. The van der Waals surface area contributed by atoms with Crippen LogP contribution in [0.2, 0.25) is 5.28 Å². The molecule has 2 atom stereocenters. The van der Waals surface area contributed by atoms with Gasteiger partial charge in [0.05, 0.1) is 0 Å². The molecule has 1 N–H and O–H groups in total. The van der Waals surface area contributed by atoms with Crippen molar-refractivity contribution in [1.29, 1.82) is 0 Å². The van der Waals surface area contributed by atoms with Crippen molar-refractivity contribution in [1.82, 2.24) is 9.97 Å². The molecule has 0 bridgehead atoms. The normalized spacial score (nSPS) is 24.6. The summed E-state index contributed by atoms with van der Waals surface area (Å²) in [5.41, 5.74) is 0.913. The molecule has 3 nitrogen and oxygen atoms in total. The first kappa shape index (κ1) is 12.6. The quantitative estimate of drug-likeness (QED) is 0.833. The SMILES string of the molecule is CCC1CCCCC1Nc1cc(C)nc(Cl)n1.